The third-order valence-corrected chi connectivity index (χ3v) is 5.13. The molecule has 144 valence electrons. The molecule has 1 fully saturated rings. The summed E-state index contributed by atoms with van der Waals surface area (Å²) in [6.45, 7) is 9.07. The van der Waals surface area contributed by atoms with E-state index in [1.54, 1.807) is 6.20 Å². The average molecular weight is 375 g/mol. The molecule has 2 aromatic heterocycles. The maximum absolute atomic E-state index is 13.1. The van der Waals surface area contributed by atoms with Gasteiger partial charge in [0.15, 0.2) is 0 Å². The molecule has 1 aliphatic heterocycles. The van der Waals surface area contributed by atoms with E-state index in [4.69, 9.17) is 4.98 Å². The van der Waals surface area contributed by atoms with Gasteiger partial charge in [-0.2, -0.15) is 0 Å². The zero-order valence-corrected chi connectivity index (χ0v) is 16.6. The lowest BCUT2D eigenvalue weighted by molar-refractivity contribution is 0.0748. The van der Waals surface area contributed by atoms with Crippen molar-refractivity contribution >= 4 is 22.6 Å². The maximum Gasteiger partial charge on any atom is 0.256 e. The Kier molecular flexibility index (Phi) is 4.94. The molecule has 0 N–H and O–H groups in total. The Morgan fingerprint density at radius 1 is 1.04 bits per heavy atom. The first kappa shape index (κ1) is 18.3. The number of aryl methyl sites for hydroxylation is 1. The minimum absolute atomic E-state index is 0.0469. The Balaban J connectivity index is 1.50. The molecule has 3 heterocycles. The van der Waals surface area contributed by atoms with Gasteiger partial charge in [0.05, 0.1) is 11.1 Å². The van der Waals surface area contributed by atoms with E-state index < -0.39 is 0 Å². The molecule has 4 rings (SSSR count). The number of carbonyl (C=O) groups excluding carboxylic acids is 1. The molecular formula is C22H25N5O. The van der Waals surface area contributed by atoms with Gasteiger partial charge in [-0.25, -0.2) is 9.97 Å². The number of carbonyl (C=O) groups is 1. The zero-order valence-electron chi connectivity index (χ0n) is 16.6. The topological polar surface area (TPSA) is 62.2 Å². The van der Waals surface area contributed by atoms with Crippen molar-refractivity contribution in [3.8, 4) is 0 Å². The number of fused-ring (bicyclic) bond motifs is 1. The highest BCUT2D eigenvalue weighted by Gasteiger charge is 2.25. The highest BCUT2D eigenvalue weighted by Crippen LogP contribution is 2.21. The second kappa shape index (κ2) is 7.54. The molecule has 0 unspecified atom stereocenters. The number of piperazine rings is 1. The fourth-order valence-corrected chi connectivity index (χ4v) is 3.58. The number of nitrogens with zero attached hydrogens (tertiary/aromatic N) is 5. The fraction of sp³-hybridized carbons (Fsp3) is 0.364. The van der Waals surface area contributed by atoms with Crippen molar-refractivity contribution in [3.05, 3.63) is 59.7 Å². The second-order valence-corrected chi connectivity index (χ2v) is 7.54. The van der Waals surface area contributed by atoms with Crippen LogP contribution in [-0.4, -0.2) is 51.9 Å². The lowest BCUT2D eigenvalue weighted by Crippen LogP contribution is -2.49. The molecule has 6 heteroatoms. The van der Waals surface area contributed by atoms with Crippen molar-refractivity contribution < 1.29 is 4.79 Å². The highest BCUT2D eigenvalue weighted by atomic mass is 16.2. The van der Waals surface area contributed by atoms with Crippen LogP contribution in [0.3, 0.4) is 0 Å². The number of benzene rings is 1. The summed E-state index contributed by atoms with van der Waals surface area (Å²) in [5.74, 6) is 2.16. The molecule has 0 radical (unpaired) electrons. The molecule has 1 aliphatic rings. The largest absolute Gasteiger partial charge is 0.353 e. The molecule has 1 amide bonds. The summed E-state index contributed by atoms with van der Waals surface area (Å²) < 4.78 is 0. The summed E-state index contributed by atoms with van der Waals surface area (Å²) >= 11 is 0. The van der Waals surface area contributed by atoms with E-state index in [0.29, 0.717) is 24.6 Å². The van der Waals surface area contributed by atoms with E-state index in [1.165, 1.54) is 0 Å². The monoisotopic (exact) mass is 375 g/mol. The molecule has 3 aromatic rings. The summed E-state index contributed by atoms with van der Waals surface area (Å²) in [5, 5.41) is 0.990. The summed E-state index contributed by atoms with van der Waals surface area (Å²) in [4.78, 5) is 30.9. The predicted octanol–water partition coefficient (Wildman–Crippen LogP) is 3.42. The Labute approximate surface area is 165 Å². The van der Waals surface area contributed by atoms with Crippen LogP contribution < -0.4 is 4.90 Å². The van der Waals surface area contributed by atoms with Gasteiger partial charge in [-0.15, -0.1) is 0 Å². The number of hydrogen-bond donors (Lipinski definition) is 0. The van der Waals surface area contributed by atoms with E-state index in [9.17, 15) is 4.79 Å². The molecule has 6 nitrogen and oxygen atoms in total. The average Bonchev–Trinajstić information content (AvgIpc) is 2.72. The van der Waals surface area contributed by atoms with Gasteiger partial charge < -0.3 is 9.80 Å². The SMILES string of the molecule is Cc1cc(N2CCN(C(=O)c3cccc4cccnc34)CC2)nc(C(C)C)n1. The Hall–Kier alpha value is -3.02. The van der Waals surface area contributed by atoms with Crippen molar-refractivity contribution in [2.75, 3.05) is 31.1 Å². The van der Waals surface area contributed by atoms with E-state index >= 15 is 0 Å². The predicted molar refractivity (Wildman–Crippen MR) is 111 cm³/mol. The van der Waals surface area contributed by atoms with Crippen molar-refractivity contribution in [2.24, 2.45) is 0 Å². The van der Waals surface area contributed by atoms with Crippen LogP contribution in [0.5, 0.6) is 0 Å². The first-order valence-electron chi connectivity index (χ1n) is 9.76. The maximum atomic E-state index is 13.1. The van der Waals surface area contributed by atoms with Crippen LogP contribution in [0.25, 0.3) is 10.9 Å². The van der Waals surface area contributed by atoms with Crippen LogP contribution >= 0.6 is 0 Å². The van der Waals surface area contributed by atoms with Crippen molar-refractivity contribution in [1.29, 1.82) is 0 Å². The Morgan fingerprint density at radius 3 is 2.54 bits per heavy atom. The van der Waals surface area contributed by atoms with Crippen LogP contribution in [0.4, 0.5) is 5.82 Å². The second-order valence-electron chi connectivity index (χ2n) is 7.54. The van der Waals surface area contributed by atoms with Crippen LogP contribution in [0.15, 0.2) is 42.6 Å². The summed E-state index contributed by atoms with van der Waals surface area (Å²) in [6.07, 6.45) is 1.74. The molecule has 28 heavy (non-hydrogen) atoms. The van der Waals surface area contributed by atoms with Gasteiger partial charge in [0.1, 0.15) is 11.6 Å². The van der Waals surface area contributed by atoms with Crippen LogP contribution in [0.2, 0.25) is 0 Å². The van der Waals surface area contributed by atoms with Gasteiger partial charge in [-0.05, 0) is 19.1 Å². The van der Waals surface area contributed by atoms with Gasteiger partial charge in [0, 0.05) is 55.4 Å². The summed E-state index contributed by atoms with van der Waals surface area (Å²) in [5.41, 5.74) is 2.42. The molecular weight excluding hydrogens is 350 g/mol. The van der Waals surface area contributed by atoms with E-state index in [2.05, 4.69) is 28.7 Å². The number of pyridine rings is 1. The number of amides is 1. The normalized spacial score (nSPS) is 14.7. The van der Waals surface area contributed by atoms with Gasteiger partial charge in [0.2, 0.25) is 0 Å². The minimum Gasteiger partial charge on any atom is -0.353 e. The first-order valence-corrected chi connectivity index (χ1v) is 9.76. The lowest BCUT2D eigenvalue weighted by Gasteiger charge is -2.35. The van der Waals surface area contributed by atoms with Crippen LogP contribution in [0, 0.1) is 6.92 Å². The number of aromatic nitrogens is 3. The Bertz CT molecular complexity index is 1000. The number of anilines is 1. The first-order chi connectivity index (χ1) is 13.5. The van der Waals surface area contributed by atoms with Gasteiger partial charge in [-0.3, -0.25) is 9.78 Å². The van der Waals surface area contributed by atoms with Crippen molar-refractivity contribution in [1.82, 2.24) is 19.9 Å². The third-order valence-electron chi connectivity index (χ3n) is 5.13. The smallest absolute Gasteiger partial charge is 0.256 e. The van der Waals surface area contributed by atoms with Gasteiger partial charge >= 0.3 is 0 Å². The number of para-hydroxylation sites is 1. The van der Waals surface area contributed by atoms with Gasteiger partial charge in [0.25, 0.3) is 5.91 Å². The lowest BCUT2D eigenvalue weighted by atomic mass is 10.1. The van der Waals surface area contributed by atoms with E-state index in [1.807, 2.05) is 48.2 Å². The quantitative estimate of drug-likeness (QED) is 0.702. The molecule has 0 saturated carbocycles. The van der Waals surface area contributed by atoms with Crippen LogP contribution in [-0.2, 0) is 0 Å². The summed E-state index contributed by atoms with van der Waals surface area (Å²) in [6, 6.07) is 11.7. The van der Waals surface area contributed by atoms with E-state index in [0.717, 1.165) is 41.3 Å². The van der Waals surface area contributed by atoms with Crippen molar-refractivity contribution in [2.45, 2.75) is 26.7 Å². The minimum atomic E-state index is 0.0469. The standard InChI is InChI=1S/C22H25N5O/c1-15(2)21-24-16(3)14-19(25-21)26-10-12-27(13-11-26)22(28)18-8-4-6-17-7-5-9-23-20(17)18/h4-9,14-15H,10-13H2,1-3H3. The molecule has 0 atom stereocenters. The molecule has 0 bridgehead atoms. The third kappa shape index (κ3) is 3.54. The summed E-state index contributed by atoms with van der Waals surface area (Å²) in [7, 11) is 0. The molecule has 0 aliphatic carbocycles. The number of hydrogen-bond acceptors (Lipinski definition) is 5. The van der Waals surface area contributed by atoms with Gasteiger partial charge in [-0.1, -0.05) is 32.0 Å². The fourth-order valence-electron chi connectivity index (χ4n) is 3.58. The van der Waals surface area contributed by atoms with Crippen molar-refractivity contribution in [3.63, 3.8) is 0 Å². The van der Waals surface area contributed by atoms with Crippen LogP contribution in [0.1, 0.15) is 41.6 Å². The zero-order chi connectivity index (χ0) is 19.7. The molecule has 0 spiro atoms. The van der Waals surface area contributed by atoms with E-state index in [-0.39, 0.29) is 5.91 Å². The molecule has 1 aromatic carbocycles. The number of rotatable bonds is 3. The molecule has 1 saturated heterocycles. The Morgan fingerprint density at radius 2 is 1.79 bits per heavy atom. The highest BCUT2D eigenvalue weighted by molar-refractivity contribution is 6.05.